The van der Waals surface area contributed by atoms with Gasteiger partial charge in [-0.3, -0.25) is 0 Å². The summed E-state index contributed by atoms with van der Waals surface area (Å²) in [7, 11) is 0. The van der Waals surface area contributed by atoms with Crippen LogP contribution >= 0.6 is 12.2 Å². The van der Waals surface area contributed by atoms with Gasteiger partial charge in [-0.1, -0.05) is 36.3 Å². The van der Waals surface area contributed by atoms with E-state index in [9.17, 15) is 0 Å². The number of hydrogen-bond acceptors (Lipinski definition) is 1. The normalized spacial score (nSPS) is 10.4. The molecule has 1 aromatic carbocycles. The largest absolute Gasteiger partial charge is 0.362 e. The van der Waals surface area contributed by atoms with E-state index in [1.807, 2.05) is 32.0 Å². The third kappa shape index (κ3) is 5.37. The van der Waals surface area contributed by atoms with Crippen LogP contribution in [0.2, 0.25) is 0 Å². The molecule has 2 nitrogen and oxygen atoms in total. The van der Waals surface area contributed by atoms with Crippen LogP contribution in [0.3, 0.4) is 0 Å². The molecule has 0 bridgehead atoms. The highest BCUT2D eigenvalue weighted by atomic mass is 32.1. The lowest BCUT2D eigenvalue weighted by Gasteiger charge is -2.22. The molecule has 1 rings (SSSR count). The molecule has 0 aromatic heterocycles. The predicted molar refractivity (Wildman–Crippen MR) is 76.8 cm³/mol. The highest BCUT2D eigenvalue weighted by Gasteiger charge is 2.13. The van der Waals surface area contributed by atoms with Gasteiger partial charge in [-0.25, -0.2) is 0 Å². The first-order chi connectivity index (χ1) is 8.03. The van der Waals surface area contributed by atoms with Crippen LogP contribution in [-0.2, 0) is 6.42 Å². The van der Waals surface area contributed by atoms with Gasteiger partial charge in [0, 0.05) is 6.54 Å². The summed E-state index contributed by atoms with van der Waals surface area (Å²) in [5.74, 6) is 2.64. The summed E-state index contributed by atoms with van der Waals surface area (Å²) < 4.78 is 0. The molecular weight excluding hydrogens is 228 g/mol. The summed E-state index contributed by atoms with van der Waals surface area (Å²) in [6.07, 6.45) is 6.32. The van der Waals surface area contributed by atoms with Crippen molar-refractivity contribution in [1.82, 2.24) is 10.6 Å². The molecule has 3 heteroatoms. The predicted octanol–water partition coefficient (Wildman–Crippen LogP) is 2.10. The highest BCUT2D eigenvalue weighted by molar-refractivity contribution is 7.80. The number of thiocarbonyl (C=S) groups is 1. The molecule has 0 aliphatic rings. The Balaban J connectivity index is 2.28. The summed E-state index contributed by atoms with van der Waals surface area (Å²) in [6, 6.07) is 10.3. The summed E-state index contributed by atoms with van der Waals surface area (Å²) >= 11 is 5.17. The lowest BCUT2D eigenvalue weighted by Crippen LogP contribution is -2.47. The van der Waals surface area contributed by atoms with Gasteiger partial charge in [-0.15, -0.1) is 6.42 Å². The SMILES string of the molecule is C#CC(C)(C)NC(=S)NCCc1ccccc1. The van der Waals surface area contributed by atoms with Crippen LogP contribution in [0.5, 0.6) is 0 Å². The number of nitrogens with one attached hydrogen (secondary N) is 2. The Labute approximate surface area is 109 Å². The Hall–Kier alpha value is -1.53. The van der Waals surface area contributed by atoms with Crippen molar-refractivity contribution in [3.05, 3.63) is 35.9 Å². The zero-order valence-corrected chi connectivity index (χ0v) is 11.1. The van der Waals surface area contributed by atoms with Crippen molar-refractivity contribution >= 4 is 17.3 Å². The van der Waals surface area contributed by atoms with Gasteiger partial charge in [0.25, 0.3) is 0 Å². The van der Waals surface area contributed by atoms with E-state index in [0.29, 0.717) is 5.11 Å². The van der Waals surface area contributed by atoms with Crippen LogP contribution in [0.4, 0.5) is 0 Å². The maximum Gasteiger partial charge on any atom is 0.167 e. The van der Waals surface area contributed by atoms with Gasteiger partial charge < -0.3 is 10.6 Å². The van der Waals surface area contributed by atoms with Crippen molar-refractivity contribution in [3.63, 3.8) is 0 Å². The fourth-order valence-electron chi connectivity index (χ4n) is 1.33. The van der Waals surface area contributed by atoms with Gasteiger partial charge in [0.15, 0.2) is 5.11 Å². The van der Waals surface area contributed by atoms with E-state index in [4.69, 9.17) is 18.6 Å². The number of hydrogen-bond donors (Lipinski definition) is 2. The van der Waals surface area contributed by atoms with Crippen molar-refractivity contribution < 1.29 is 0 Å². The maximum absolute atomic E-state index is 5.37. The second kappa shape index (κ2) is 6.27. The minimum Gasteiger partial charge on any atom is -0.362 e. The fraction of sp³-hybridized carbons (Fsp3) is 0.357. The second-order valence-electron chi connectivity index (χ2n) is 4.39. The monoisotopic (exact) mass is 246 g/mol. The highest BCUT2D eigenvalue weighted by Crippen LogP contribution is 1.99. The van der Waals surface area contributed by atoms with E-state index in [0.717, 1.165) is 13.0 Å². The molecule has 0 radical (unpaired) electrons. The molecule has 0 saturated carbocycles. The molecule has 0 aliphatic carbocycles. The molecule has 0 amide bonds. The second-order valence-corrected chi connectivity index (χ2v) is 4.79. The molecule has 0 unspecified atom stereocenters. The van der Waals surface area contributed by atoms with E-state index in [1.165, 1.54) is 5.56 Å². The lowest BCUT2D eigenvalue weighted by molar-refractivity contribution is 0.591. The first-order valence-corrected chi connectivity index (χ1v) is 6.02. The van der Waals surface area contributed by atoms with Crippen LogP contribution in [-0.4, -0.2) is 17.2 Å². The molecule has 0 spiro atoms. The Morgan fingerprint density at radius 1 is 1.35 bits per heavy atom. The van der Waals surface area contributed by atoms with E-state index in [1.54, 1.807) is 0 Å². The van der Waals surface area contributed by atoms with Crippen LogP contribution in [0, 0.1) is 12.3 Å². The molecule has 0 atom stereocenters. The van der Waals surface area contributed by atoms with Crippen LogP contribution in [0.25, 0.3) is 0 Å². The van der Waals surface area contributed by atoms with Gasteiger partial charge in [0.2, 0.25) is 0 Å². The third-order valence-electron chi connectivity index (χ3n) is 2.33. The zero-order valence-electron chi connectivity index (χ0n) is 10.3. The van der Waals surface area contributed by atoms with Crippen LogP contribution < -0.4 is 10.6 Å². The van der Waals surface area contributed by atoms with Gasteiger partial charge >= 0.3 is 0 Å². The van der Waals surface area contributed by atoms with Gasteiger partial charge in [0.1, 0.15) is 0 Å². The molecule has 0 aliphatic heterocycles. The molecule has 1 aromatic rings. The molecule has 0 saturated heterocycles. The van der Waals surface area contributed by atoms with Crippen molar-refractivity contribution in [2.24, 2.45) is 0 Å². The fourth-order valence-corrected chi connectivity index (χ4v) is 1.69. The minimum atomic E-state index is -0.406. The third-order valence-corrected chi connectivity index (χ3v) is 2.58. The lowest BCUT2D eigenvalue weighted by atomic mass is 10.1. The average molecular weight is 246 g/mol. The Bertz CT molecular complexity index is 404. The van der Waals surface area contributed by atoms with Crippen LogP contribution in [0.1, 0.15) is 19.4 Å². The summed E-state index contributed by atoms with van der Waals surface area (Å²) in [6.45, 7) is 4.63. The molecule has 90 valence electrons. The zero-order chi connectivity index (χ0) is 12.7. The van der Waals surface area contributed by atoms with Gasteiger partial charge in [-0.05, 0) is 38.0 Å². The van der Waals surface area contributed by atoms with E-state index >= 15 is 0 Å². The number of rotatable bonds is 4. The average Bonchev–Trinajstić information content (AvgIpc) is 2.30. The summed E-state index contributed by atoms with van der Waals surface area (Å²) in [4.78, 5) is 0. The molecule has 17 heavy (non-hydrogen) atoms. The first kappa shape index (κ1) is 13.5. The molecular formula is C14H18N2S. The minimum absolute atomic E-state index is 0.406. The van der Waals surface area contributed by atoms with Crippen molar-refractivity contribution in [3.8, 4) is 12.3 Å². The molecule has 2 N–H and O–H groups in total. The van der Waals surface area contributed by atoms with E-state index < -0.39 is 5.54 Å². The summed E-state index contributed by atoms with van der Waals surface area (Å²) in [5.41, 5.74) is 0.885. The Morgan fingerprint density at radius 3 is 2.59 bits per heavy atom. The standard InChI is InChI=1S/C14H18N2S/c1-4-14(2,3)16-13(17)15-11-10-12-8-6-5-7-9-12/h1,5-9H,10-11H2,2-3H3,(H2,15,16,17). The van der Waals surface area contributed by atoms with E-state index in [2.05, 4.69) is 28.7 Å². The van der Waals surface area contributed by atoms with Gasteiger partial charge in [-0.2, -0.15) is 0 Å². The van der Waals surface area contributed by atoms with Crippen molar-refractivity contribution in [2.75, 3.05) is 6.54 Å². The Morgan fingerprint density at radius 2 is 2.00 bits per heavy atom. The quantitative estimate of drug-likeness (QED) is 0.628. The van der Waals surface area contributed by atoms with Crippen LogP contribution in [0.15, 0.2) is 30.3 Å². The van der Waals surface area contributed by atoms with E-state index in [-0.39, 0.29) is 0 Å². The van der Waals surface area contributed by atoms with Gasteiger partial charge in [0.05, 0.1) is 5.54 Å². The Kier molecular flexibility index (Phi) is 4.99. The molecule has 0 heterocycles. The first-order valence-electron chi connectivity index (χ1n) is 5.61. The number of benzene rings is 1. The number of terminal acetylenes is 1. The van der Waals surface area contributed by atoms with Crippen molar-refractivity contribution in [1.29, 1.82) is 0 Å². The molecule has 0 fully saturated rings. The summed E-state index contributed by atoms with van der Waals surface area (Å²) in [5, 5.41) is 6.82. The maximum atomic E-state index is 5.37. The van der Waals surface area contributed by atoms with Crippen molar-refractivity contribution in [2.45, 2.75) is 25.8 Å². The smallest absolute Gasteiger partial charge is 0.167 e. The topological polar surface area (TPSA) is 24.1 Å².